The average Bonchev–Trinajstić information content (AvgIpc) is 2.51. The van der Waals surface area contributed by atoms with Crippen molar-refractivity contribution in [3.05, 3.63) is 29.6 Å². The van der Waals surface area contributed by atoms with Crippen LogP contribution in [-0.2, 0) is 4.79 Å². The molecule has 14 heavy (non-hydrogen) atoms. The molecule has 3 nitrogen and oxygen atoms in total. The lowest BCUT2D eigenvalue weighted by Gasteiger charge is -2.12. The maximum Gasteiger partial charge on any atom is 0.220 e. The fourth-order valence-electron chi connectivity index (χ4n) is 1.71. The Labute approximate surface area is 81.1 Å². The van der Waals surface area contributed by atoms with Gasteiger partial charge in [0.2, 0.25) is 5.91 Å². The first-order chi connectivity index (χ1) is 6.66. The number of nitrogens with one attached hydrogen (secondary N) is 1. The number of anilines is 1. The van der Waals surface area contributed by atoms with E-state index in [1.807, 2.05) is 0 Å². The highest BCUT2D eigenvalue weighted by atomic mass is 19.1. The van der Waals surface area contributed by atoms with Gasteiger partial charge in [-0.2, -0.15) is 0 Å². The van der Waals surface area contributed by atoms with Crippen LogP contribution in [0.3, 0.4) is 0 Å². The molecule has 1 amide bonds. The van der Waals surface area contributed by atoms with Gasteiger partial charge in [0.05, 0.1) is 6.04 Å². The number of amides is 1. The van der Waals surface area contributed by atoms with E-state index in [-0.39, 0.29) is 17.8 Å². The number of hydrogen-bond acceptors (Lipinski definition) is 2. The van der Waals surface area contributed by atoms with E-state index in [9.17, 15) is 9.18 Å². The number of hydrogen-bond donors (Lipinski definition) is 2. The minimum Gasteiger partial charge on any atom is -0.398 e. The monoisotopic (exact) mass is 194 g/mol. The third-order valence-corrected chi connectivity index (χ3v) is 2.42. The largest absolute Gasteiger partial charge is 0.398 e. The first-order valence-electron chi connectivity index (χ1n) is 4.51. The summed E-state index contributed by atoms with van der Waals surface area (Å²) in [5.41, 5.74) is 6.86. The first kappa shape index (κ1) is 8.99. The summed E-state index contributed by atoms with van der Waals surface area (Å²) in [6.45, 7) is 0. The van der Waals surface area contributed by atoms with Crippen LogP contribution in [0, 0.1) is 5.82 Å². The zero-order chi connectivity index (χ0) is 10.1. The van der Waals surface area contributed by atoms with Gasteiger partial charge in [-0.05, 0) is 24.1 Å². The second kappa shape index (κ2) is 3.29. The lowest BCUT2D eigenvalue weighted by Crippen LogP contribution is -2.19. The fourth-order valence-corrected chi connectivity index (χ4v) is 1.71. The third kappa shape index (κ3) is 1.55. The van der Waals surface area contributed by atoms with Gasteiger partial charge in [0.15, 0.2) is 0 Å². The number of halogens is 1. The molecule has 4 heteroatoms. The average molecular weight is 194 g/mol. The number of nitrogens with two attached hydrogens (primary N) is 1. The summed E-state index contributed by atoms with van der Waals surface area (Å²) >= 11 is 0. The summed E-state index contributed by atoms with van der Waals surface area (Å²) in [5, 5.41) is 2.79. The second-order valence-corrected chi connectivity index (χ2v) is 3.43. The number of nitrogen functional groups attached to an aromatic ring is 1. The fraction of sp³-hybridized carbons (Fsp3) is 0.300. The van der Waals surface area contributed by atoms with E-state index >= 15 is 0 Å². The normalized spacial score (nSPS) is 20.9. The first-order valence-corrected chi connectivity index (χ1v) is 4.51. The second-order valence-electron chi connectivity index (χ2n) is 3.43. The van der Waals surface area contributed by atoms with E-state index in [0.29, 0.717) is 12.1 Å². The molecule has 1 aliphatic heterocycles. The Kier molecular flexibility index (Phi) is 2.11. The molecular formula is C10H11FN2O. The highest BCUT2D eigenvalue weighted by Crippen LogP contribution is 2.28. The molecule has 74 valence electrons. The van der Waals surface area contributed by atoms with Gasteiger partial charge in [0.25, 0.3) is 0 Å². The highest BCUT2D eigenvalue weighted by molar-refractivity contribution is 5.79. The topological polar surface area (TPSA) is 55.1 Å². The van der Waals surface area contributed by atoms with Gasteiger partial charge >= 0.3 is 0 Å². The summed E-state index contributed by atoms with van der Waals surface area (Å²) in [6, 6.07) is 4.21. The van der Waals surface area contributed by atoms with Crippen molar-refractivity contribution < 1.29 is 9.18 Å². The Morgan fingerprint density at radius 1 is 1.50 bits per heavy atom. The van der Waals surface area contributed by atoms with Gasteiger partial charge in [-0.25, -0.2) is 4.39 Å². The van der Waals surface area contributed by atoms with E-state index in [0.717, 1.165) is 12.0 Å². The zero-order valence-corrected chi connectivity index (χ0v) is 7.59. The summed E-state index contributed by atoms with van der Waals surface area (Å²) in [4.78, 5) is 11.0. The summed E-state index contributed by atoms with van der Waals surface area (Å²) in [6.07, 6.45) is 1.25. The molecule has 1 aliphatic rings. The zero-order valence-electron chi connectivity index (χ0n) is 7.59. The molecule has 1 heterocycles. The highest BCUT2D eigenvalue weighted by Gasteiger charge is 2.23. The molecule has 1 saturated heterocycles. The Balaban J connectivity index is 2.28. The van der Waals surface area contributed by atoms with Crippen LogP contribution in [0.1, 0.15) is 24.4 Å². The van der Waals surface area contributed by atoms with Gasteiger partial charge in [0, 0.05) is 12.1 Å². The minimum atomic E-state index is -0.351. The van der Waals surface area contributed by atoms with Gasteiger partial charge in [-0.1, -0.05) is 6.07 Å². The molecule has 0 aliphatic carbocycles. The van der Waals surface area contributed by atoms with Crippen molar-refractivity contribution in [3.63, 3.8) is 0 Å². The van der Waals surface area contributed by atoms with Crippen LogP contribution >= 0.6 is 0 Å². The molecule has 0 aromatic heterocycles. The Hall–Kier alpha value is -1.58. The van der Waals surface area contributed by atoms with Gasteiger partial charge in [-0.3, -0.25) is 4.79 Å². The van der Waals surface area contributed by atoms with Crippen LogP contribution in [-0.4, -0.2) is 5.91 Å². The number of benzene rings is 1. The molecule has 0 spiro atoms. The van der Waals surface area contributed by atoms with Crippen LogP contribution < -0.4 is 11.1 Å². The lowest BCUT2D eigenvalue weighted by molar-refractivity contribution is -0.119. The van der Waals surface area contributed by atoms with Crippen molar-refractivity contribution in [2.75, 3.05) is 5.73 Å². The number of rotatable bonds is 1. The van der Waals surface area contributed by atoms with E-state index < -0.39 is 0 Å². The maximum absolute atomic E-state index is 12.7. The van der Waals surface area contributed by atoms with E-state index in [1.54, 1.807) is 6.07 Å². The van der Waals surface area contributed by atoms with Crippen LogP contribution in [0.4, 0.5) is 10.1 Å². The van der Waals surface area contributed by atoms with Crippen molar-refractivity contribution in [2.24, 2.45) is 0 Å². The molecule has 0 saturated carbocycles. The van der Waals surface area contributed by atoms with Crippen molar-refractivity contribution in [1.29, 1.82) is 0 Å². The Morgan fingerprint density at radius 2 is 2.29 bits per heavy atom. The van der Waals surface area contributed by atoms with Crippen molar-refractivity contribution >= 4 is 11.6 Å². The molecule has 1 fully saturated rings. The molecule has 1 aromatic carbocycles. The van der Waals surface area contributed by atoms with Crippen LogP contribution in [0.2, 0.25) is 0 Å². The van der Waals surface area contributed by atoms with Gasteiger partial charge in [-0.15, -0.1) is 0 Å². The van der Waals surface area contributed by atoms with E-state index in [2.05, 4.69) is 5.32 Å². The van der Waals surface area contributed by atoms with Crippen molar-refractivity contribution in [2.45, 2.75) is 18.9 Å². The quantitative estimate of drug-likeness (QED) is 0.663. The number of carbonyl (C=O) groups is 1. The van der Waals surface area contributed by atoms with Crippen molar-refractivity contribution in [1.82, 2.24) is 5.32 Å². The molecule has 1 aromatic rings. The molecule has 0 radical (unpaired) electrons. The SMILES string of the molecule is Nc1cc(F)ccc1[C@H]1CCC(=O)N1. The van der Waals surface area contributed by atoms with E-state index in [4.69, 9.17) is 5.73 Å². The van der Waals surface area contributed by atoms with Gasteiger partial charge < -0.3 is 11.1 Å². The Morgan fingerprint density at radius 3 is 2.86 bits per heavy atom. The van der Waals surface area contributed by atoms with Gasteiger partial charge in [0.1, 0.15) is 5.82 Å². The summed E-state index contributed by atoms with van der Waals surface area (Å²) in [5.74, 6) is -0.325. The van der Waals surface area contributed by atoms with Crippen molar-refractivity contribution in [3.8, 4) is 0 Å². The lowest BCUT2D eigenvalue weighted by atomic mass is 10.0. The number of carbonyl (C=O) groups excluding carboxylic acids is 1. The minimum absolute atomic E-state index is 0.0266. The molecule has 2 rings (SSSR count). The standard InChI is InChI=1S/C10H11FN2O/c11-6-1-2-7(8(12)5-6)9-3-4-10(14)13-9/h1-2,5,9H,3-4,12H2,(H,13,14)/t9-/m1/s1. The molecule has 1 atom stereocenters. The predicted molar refractivity (Wildman–Crippen MR) is 50.9 cm³/mol. The summed E-state index contributed by atoms with van der Waals surface area (Å²) in [7, 11) is 0. The molecule has 0 unspecified atom stereocenters. The predicted octanol–water partition coefficient (Wildman–Crippen LogP) is 1.36. The third-order valence-electron chi connectivity index (χ3n) is 2.42. The smallest absolute Gasteiger partial charge is 0.220 e. The van der Waals surface area contributed by atoms with Crippen LogP contribution in [0.15, 0.2) is 18.2 Å². The van der Waals surface area contributed by atoms with E-state index in [1.165, 1.54) is 12.1 Å². The Bertz CT molecular complexity index is 378. The molecular weight excluding hydrogens is 183 g/mol. The molecule has 3 N–H and O–H groups in total. The maximum atomic E-state index is 12.7. The molecule has 0 bridgehead atoms. The van der Waals surface area contributed by atoms with Crippen LogP contribution in [0.5, 0.6) is 0 Å². The summed E-state index contributed by atoms with van der Waals surface area (Å²) < 4.78 is 12.7. The van der Waals surface area contributed by atoms with Crippen LogP contribution in [0.25, 0.3) is 0 Å².